The molecule has 1 aromatic rings. The summed E-state index contributed by atoms with van der Waals surface area (Å²) in [6.45, 7) is 5.76. The Labute approximate surface area is 123 Å². The fourth-order valence-corrected chi connectivity index (χ4v) is 3.33. The molecule has 2 amide bonds. The summed E-state index contributed by atoms with van der Waals surface area (Å²) in [5.74, 6) is 0.175. The van der Waals surface area contributed by atoms with Gasteiger partial charge in [-0.3, -0.25) is 9.59 Å². The highest BCUT2D eigenvalue weighted by Gasteiger charge is 2.28. The number of hydrogen-bond acceptors (Lipinski definition) is 4. The number of nitrogen functional groups attached to an aromatic ring is 1. The maximum Gasteiger partial charge on any atom is 0.264 e. The fourth-order valence-electron chi connectivity index (χ4n) is 2.42. The Kier molecular flexibility index (Phi) is 4.65. The normalized spacial score (nSPS) is 16.2. The van der Waals surface area contributed by atoms with Gasteiger partial charge in [0.1, 0.15) is 0 Å². The first kappa shape index (κ1) is 14.8. The van der Waals surface area contributed by atoms with E-state index in [1.165, 1.54) is 11.3 Å². The van der Waals surface area contributed by atoms with Crippen LogP contribution in [-0.4, -0.2) is 36.3 Å². The number of nitrogens with zero attached hydrogens (tertiary/aromatic N) is 1. The van der Waals surface area contributed by atoms with E-state index in [9.17, 15) is 9.59 Å². The van der Waals surface area contributed by atoms with Crippen molar-refractivity contribution in [3.05, 3.63) is 15.8 Å². The van der Waals surface area contributed by atoms with Crippen LogP contribution in [0.25, 0.3) is 0 Å². The molecular formula is C14H21N3O2S. The smallest absolute Gasteiger partial charge is 0.264 e. The number of likely N-dealkylation sites (tertiary alicyclic amines) is 1. The lowest BCUT2D eigenvalue weighted by molar-refractivity contribution is -0.126. The Morgan fingerprint density at radius 2 is 2.10 bits per heavy atom. The molecule has 1 saturated heterocycles. The lowest BCUT2D eigenvalue weighted by Gasteiger charge is -2.31. The van der Waals surface area contributed by atoms with Gasteiger partial charge >= 0.3 is 0 Å². The van der Waals surface area contributed by atoms with Crippen LogP contribution in [0.4, 0.5) is 5.69 Å². The third-order valence-corrected chi connectivity index (χ3v) is 4.73. The van der Waals surface area contributed by atoms with E-state index < -0.39 is 0 Å². The predicted molar refractivity (Wildman–Crippen MR) is 80.8 cm³/mol. The molecule has 20 heavy (non-hydrogen) atoms. The standard InChI is InChI=1S/C14H21N3O2S/c1-3-16-13(18)10-4-6-17(7-5-10)14(19)12-8-11(15)9(2)20-12/h8,10H,3-7,15H2,1-2H3,(H,16,18). The van der Waals surface area contributed by atoms with Crippen LogP contribution in [-0.2, 0) is 4.79 Å². The molecule has 0 bridgehead atoms. The van der Waals surface area contributed by atoms with Crippen molar-refractivity contribution in [3.8, 4) is 0 Å². The molecule has 5 nitrogen and oxygen atoms in total. The van der Waals surface area contributed by atoms with Gasteiger partial charge in [-0.1, -0.05) is 0 Å². The average molecular weight is 295 g/mol. The van der Waals surface area contributed by atoms with E-state index in [0.29, 0.717) is 30.2 Å². The van der Waals surface area contributed by atoms with Crippen molar-refractivity contribution in [2.24, 2.45) is 5.92 Å². The summed E-state index contributed by atoms with van der Waals surface area (Å²) in [6, 6.07) is 1.75. The number of rotatable bonds is 3. The van der Waals surface area contributed by atoms with Crippen LogP contribution in [0.2, 0.25) is 0 Å². The second-order valence-corrected chi connectivity index (χ2v) is 6.34. The van der Waals surface area contributed by atoms with Crippen molar-refractivity contribution in [2.45, 2.75) is 26.7 Å². The van der Waals surface area contributed by atoms with Gasteiger partial charge in [0.05, 0.1) is 4.88 Å². The lowest BCUT2D eigenvalue weighted by Crippen LogP contribution is -2.42. The molecule has 2 heterocycles. The molecule has 1 aromatic heterocycles. The molecule has 0 unspecified atom stereocenters. The number of carbonyl (C=O) groups is 2. The molecular weight excluding hydrogens is 274 g/mol. The molecule has 0 saturated carbocycles. The first-order chi connectivity index (χ1) is 9.52. The lowest BCUT2D eigenvalue weighted by atomic mass is 9.96. The minimum absolute atomic E-state index is 0.0316. The number of hydrogen-bond donors (Lipinski definition) is 2. The molecule has 0 spiro atoms. The molecule has 0 aromatic carbocycles. The van der Waals surface area contributed by atoms with Gasteiger partial charge in [-0.05, 0) is 32.8 Å². The summed E-state index contributed by atoms with van der Waals surface area (Å²) in [5, 5.41) is 2.84. The average Bonchev–Trinajstić information content (AvgIpc) is 2.78. The number of thiophene rings is 1. The van der Waals surface area contributed by atoms with Crippen LogP contribution in [0, 0.1) is 12.8 Å². The zero-order chi connectivity index (χ0) is 14.7. The maximum absolute atomic E-state index is 12.3. The van der Waals surface area contributed by atoms with Crippen LogP contribution < -0.4 is 11.1 Å². The molecule has 2 rings (SSSR count). The monoisotopic (exact) mass is 295 g/mol. The summed E-state index contributed by atoms with van der Waals surface area (Å²) in [4.78, 5) is 27.6. The van der Waals surface area contributed by atoms with Crippen LogP contribution >= 0.6 is 11.3 Å². The number of anilines is 1. The Bertz CT molecular complexity index is 485. The molecule has 6 heteroatoms. The van der Waals surface area contributed by atoms with E-state index in [1.807, 2.05) is 18.7 Å². The zero-order valence-electron chi connectivity index (χ0n) is 11.9. The van der Waals surface area contributed by atoms with Crippen molar-refractivity contribution in [2.75, 3.05) is 25.4 Å². The van der Waals surface area contributed by atoms with E-state index in [-0.39, 0.29) is 17.7 Å². The van der Waals surface area contributed by atoms with E-state index in [4.69, 9.17) is 5.73 Å². The number of nitrogens with two attached hydrogens (primary N) is 1. The minimum atomic E-state index is 0.0316. The van der Waals surface area contributed by atoms with Gasteiger partial charge < -0.3 is 16.0 Å². The second kappa shape index (κ2) is 6.26. The van der Waals surface area contributed by atoms with E-state index in [0.717, 1.165) is 17.7 Å². The minimum Gasteiger partial charge on any atom is -0.398 e. The number of aryl methyl sites for hydroxylation is 1. The number of piperidine rings is 1. The highest BCUT2D eigenvalue weighted by atomic mass is 32.1. The zero-order valence-corrected chi connectivity index (χ0v) is 12.8. The predicted octanol–water partition coefficient (Wildman–Crippen LogP) is 1.63. The van der Waals surface area contributed by atoms with Gasteiger partial charge in [0.15, 0.2) is 0 Å². The van der Waals surface area contributed by atoms with Crippen LogP contribution in [0.1, 0.15) is 34.3 Å². The third kappa shape index (κ3) is 3.12. The number of nitrogens with one attached hydrogen (secondary N) is 1. The molecule has 0 atom stereocenters. The highest BCUT2D eigenvalue weighted by Crippen LogP contribution is 2.26. The van der Waals surface area contributed by atoms with Crippen molar-refractivity contribution in [3.63, 3.8) is 0 Å². The van der Waals surface area contributed by atoms with Crippen molar-refractivity contribution in [1.29, 1.82) is 0 Å². The quantitative estimate of drug-likeness (QED) is 0.890. The van der Waals surface area contributed by atoms with Gasteiger partial charge in [0.2, 0.25) is 5.91 Å². The number of amides is 2. The maximum atomic E-state index is 12.3. The topological polar surface area (TPSA) is 75.4 Å². The molecule has 0 radical (unpaired) electrons. The Morgan fingerprint density at radius 3 is 2.60 bits per heavy atom. The van der Waals surface area contributed by atoms with Gasteiger partial charge in [0, 0.05) is 36.1 Å². The van der Waals surface area contributed by atoms with Crippen molar-refractivity contribution >= 4 is 28.8 Å². The van der Waals surface area contributed by atoms with Crippen LogP contribution in [0.3, 0.4) is 0 Å². The fraction of sp³-hybridized carbons (Fsp3) is 0.571. The van der Waals surface area contributed by atoms with E-state index in [1.54, 1.807) is 6.07 Å². The van der Waals surface area contributed by atoms with Gasteiger partial charge in [-0.25, -0.2) is 0 Å². The summed E-state index contributed by atoms with van der Waals surface area (Å²) in [7, 11) is 0. The van der Waals surface area contributed by atoms with Crippen LogP contribution in [0.5, 0.6) is 0 Å². The van der Waals surface area contributed by atoms with Gasteiger partial charge in [-0.2, -0.15) is 0 Å². The van der Waals surface area contributed by atoms with Crippen molar-refractivity contribution < 1.29 is 9.59 Å². The second-order valence-electron chi connectivity index (χ2n) is 5.08. The molecule has 3 N–H and O–H groups in total. The third-order valence-electron chi connectivity index (χ3n) is 3.67. The molecule has 0 aliphatic carbocycles. The first-order valence-corrected chi connectivity index (χ1v) is 7.77. The summed E-state index contributed by atoms with van der Waals surface area (Å²) >= 11 is 1.44. The van der Waals surface area contributed by atoms with Gasteiger partial charge in [0.25, 0.3) is 5.91 Å². The molecule has 1 aliphatic rings. The Balaban J connectivity index is 1.93. The molecule has 1 fully saturated rings. The van der Waals surface area contributed by atoms with Gasteiger partial charge in [-0.15, -0.1) is 11.3 Å². The molecule has 1 aliphatic heterocycles. The first-order valence-electron chi connectivity index (χ1n) is 6.95. The summed E-state index contributed by atoms with van der Waals surface area (Å²) in [5.41, 5.74) is 6.47. The van der Waals surface area contributed by atoms with E-state index >= 15 is 0 Å². The highest BCUT2D eigenvalue weighted by molar-refractivity contribution is 7.14. The molecule has 110 valence electrons. The SMILES string of the molecule is CCNC(=O)C1CCN(C(=O)c2cc(N)c(C)s2)CC1. The Hall–Kier alpha value is -1.56. The summed E-state index contributed by atoms with van der Waals surface area (Å²) in [6.07, 6.45) is 1.47. The van der Waals surface area contributed by atoms with Crippen LogP contribution in [0.15, 0.2) is 6.07 Å². The van der Waals surface area contributed by atoms with Crippen molar-refractivity contribution in [1.82, 2.24) is 10.2 Å². The number of carbonyl (C=O) groups excluding carboxylic acids is 2. The summed E-state index contributed by atoms with van der Waals surface area (Å²) < 4.78 is 0. The largest absolute Gasteiger partial charge is 0.398 e. The Morgan fingerprint density at radius 1 is 1.45 bits per heavy atom. The van der Waals surface area contributed by atoms with E-state index in [2.05, 4.69) is 5.32 Å².